The number of aromatic nitrogens is 3. The van der Waals surface area contributed by atoms with Gasteiger partial charge in [0.15, 0.2) is 17.1 Å². The summed E-state index contributed by atoms with van der Waals surface area (Å²) in [4.78, 5) is 9.19. The Morgan fingerprint density at radius 1 is 1.18 bits per heavy atom. The van der Waals surface area contributed by atoms with Crippen LogP contribution in [-0.4, -0.2) is 28.8 Å². The van der Waals surface area contributed by atoms with Crippen LogP contribution in [0.2, 0.25) is 0 Å². The molecule has 0 unspecified atom stereocenters. The van der Waals surface area contributed by atoms with Crippen LogP contribution in [0.5, 0.6) is 11.5 Å². The van der Waals surface area contributed by atoms with Gasteiger partial charge in [0.05, 0.1) is 7.11 Å². The monoisotopic (exact) mass is 380 g/mol. The molecule has 0 saturated carbocycles. The Hall–Kier alpha value is -2.93. The number of nitrogens with one attached hydrogen (secondary N) is 1. The highest BCUT2D eigenvalue weighted by molar-refractivity contribution is 5.64. The van der Waals surface area contributed by atoms with Gasteiger partial charge in [0.2, 0.25) is 5.82 Å². The van der Waals surface area contributed by atoms with E-state index in [0.717, 1.165) is 30.8 Å². The van der Waals surface area contributed by atoms with Crippen LogP contribution < -0.4 is 14.8 Å². The molecule has 146 valence electrons. The predicted octanol–water partition coefficient (Wildman–Crippen LogP) is 3.41. The number of fused-ring (bicyclic) bond motifs is 1. The van der Waals surface area contributed by atoms with E-state index in [0.29, 0.717) is 23.2 Å². The fourth-order valence-electron chi connectivity index (χ4n) is 3.46. The first-order chi connectivity index (χ1) is 13.5. The van der Waals surface area contributed by atoms with E-state index in [1.807, 2.05) is 51.2 Å². The van der Waals surface area contributed by atoms with Crippen LogP contribution in [0.15, 0.2) is 35.0 Å². The first-order valence-corrected chi connectivity index (χ1v) is 9.34. The Bertz CT molecular complexity index is 997. The van der Waals surface area contributed by atoms with Crippen molar-refractivity contribution in [3.05, 3.63) is 53.2 Å². The second kappa shape index (κ2) is 7.24. The molecule has 0 saturated heterocycles. The average Bonchev–Trinajstić information content (AvgIpc) is 3.19. The van der Waals surface area contributed by atoms with Gasteiger partial charge in [0.1, 0.15) is 0 Å². The standard InChI is InChI=1S/C21H24N4O3/c1-13-18(15-9-10-22-11-14(15)12-23-13)19-24-20(28-25-19)21(2,3)27-17-8-6-5-7-16(17)26-4/h5-8,12,22H,9-11H2,1-4H3. The molecular weight excluding hydrogens is 356 g/mol. The molecule has 3 heterocycles. The molecule has 1 aliphatic rings. The third-order valence-corrected chi connectivity index (χ3v) is 4.93. The lowest BCUT2D eigenvalue weighted by Gasteiger charge is -2.23. The van der Waals surface area contributed by atoms with Gasteiger partial charge in [-0.2, -0.15) is 4.98 Å². The van der Waals surface area contributed by atoms with Gasteiger partial charge in [-0.25, -0.2) is 0 Å². The van der Waals surface area contributed by atoms with Crippen LogP contribution in [0.3, 0.4) is 0 Å². The molecule has 0 atom stereocenters. The van der Waals surface area contributed by atoms with E-state index in [-0.39, 0.29) is 0 Å². The zero-order valence-electron chi connectivity index (χ0n) is 16.6. The molecule has 0 spiro atoms. The van der Waals surface area contributed by atoms with Crippen molar-refractivity contribution < 1.29 is 14.0 Å². The zero-order valence-corrected chi connectivity index (χ0v) is 16.6. The molecule has 0 bridgehead atoms. The summed E-state index contributed by atoms with van der Waals surface area (Å²) in [5.74, 6) is 2.23. The van der Waals surface area contributed by atoms with Gasteiger partial charge >= 0.3 is 0 Å². The number of rotatable bonds is 5. The first-order valence-electron chi connectivity index (χ1n) is 9.34. The summed E-state index contributed by atoms with van der Waals surface area (Å²) < 4.78 is 17.1. The highest BCUT2D eigenvalue weighted by Crippen LogP contribution is 2.35. The average molecular weight is 380 g/mol. The van der Waals surface area contributed by atoms with E-state index >= 15 is 0 Å². The molecule has 1 aliphatic heterocycles. The lowest BCUT2D eigenvalue weighted by atomic mass is 9.95. The maximum absolute atomic E-state index is 6.16. The minimum absolute atomic E-state index is 0.402. The molecule has 1 N–H and O–H groups in total. The van der Waals surface area contributed by atoms with E-state index in [4.69, 9.17) is 14.0 Å². The van der Waals surface area contributed by atoms with Crippen LogP contribution in [0.1, 0.15) is 36.6 Å². The number of hydrogen-bond acceptors (Lipinski definition) is 7. The number of methoxy groups -OCH3 is 1. The maximum Gasteiger partial charge on any atom is 0.270 e. The lowest BCUT2D eigenvalue weighted by Crippen LogP contribution is -2.26. The smallest absolute Gasteiger partial charge is 0.270 e. The van der Waals surface area contributed by atoms with Crippen molar-refractivity contribution >= 4 is 0 Å². The summed E-state index contributed by atoms with van der Waals surface area (Å²) in [7, 11) is 1.61. The Balaban J connectivity index is 1.68. The van der Waals surface area contributed by atoms with E-state index in [1.54, 1.807) is 7.11 Å². The molecule has 7 nitrogen and oxygen atoms in total. The predicted molar refractivity (Wildman–Crippen MR) is 104 cm³/mol. The van der Waals surface area contributed by atoms with Crippen molar-refractivity contribution in [1.82, 2.24) is 20.4 Å². The summed E-state index contributed by atoms with van der Waals surface area (Å²) in [6, 6.07) is 7.50. The zero-order chi connectivity index (χ0) is 19.7. The molecule has 28 heavy (non-hydrogen) atoms. The van der Waals surface area contributed by atoms with Gasteiger partial charge in [0.25, 0.3) is 5.89 Å². The van der Waals surface area contributed by atoms with Gasteiger partial charge in [-0.3, -0.25) is 4.98 Å². The summed E-state index contributed by atoms with van der Waals surface area (Å²) >= 11 is 0. The Labute approximate surface area is 164 Å². The van der Waals surface area contributed by atoms with E-state index in [2.05, 4.69) is 20.4 Å². The summed E-state index contributed by atoms with van der Waals surface area (Å²) in [6.45, 7) is 7.50. The molecule has 3 aromatic rings. The summed E-state index contributed by atoms with van der Waals surface area (Å²) in [5.41, 5.74) is 3.46. The van der Waals surface area contributed by atoms with Crippen LogP contribution in [-0.2, 0) is 18.6 Å². The molecule has 0 amide bonds. The molecular formula is C21H24N4O3. The molecule has 2 aromatic heterocycles. The minimum Gasteiger partial charge on any atom is -0.493 e. The van der Waals surface area contributed by atoms with Crippen molar-refractivity contribution in [2.75, 3.05) is 13.7 Å². The van der Waals surface area contributed by atoms with Crippen LogP contribution in [0.25, 0.3) is 11.4 Å². The summed E-state index contributed by atoms with van der Waals surface area (Å²) in [5, 5.41) is 7.62. The topological polar surface area (TPSA) is 82.3 Å². The minimum atomic E-state index is -0.822. The first kappa shape index (κ1) is 18.4. The molecule has 0 aliphatic carbocycles. The Morgan fingerprint density at radius 2 is 1.96 bits per heavy atom. The number of benzene rings is 1. The number of aryl methyl sites for hydroxylation is 1. The fourth-order valence-corrected chi connectivity index (χ4v) is 3.46. The summed E-state index contributed by atoms with van der Waals surface area (Å²) in [6.07, 6.45) is 2.84. The van der Waals surface area contributed by atoms with Crippen molar-refractivity contribution in [3.8, 4) is 22.9 Å². The second-order valence-corrected chi connectivity index (χ2v) is 7.34. The van der Waals surface area contributed by atoms with Gasteiger partial charge in [-0.15, -0.1) is 0 Å². The van der Waals surface area contributed by atoms with Gasteiger partial charge in [0, 0.05) is 24.0 Å². The van der Waals surface area contributed by atoms with Crippen LogP contribution >= 0.6 is 0 Å². The number of ether oxygens (including phenoxy) is 2. The number of para-hydroxylation sites is 2. The maximum atomic E-state index is 6.16. The van der Waals surface area contributed by atoms with Crippen molar-refractivity contribution in [3.63, 3.8) is 0 Å². The van der Waals surface area contributed by atoms with Gasteiger partial charge in [-0.1, -0.05) is 17.3 Å². The SMILES string of the molecule is COc1ccccc1OC(C)(C)c1nc(-c2c(C)ncc3c2CCNC3)no1. The number of pyridine rings is 1. The van der Waals surface area contributed by atoms with Crippen molar-refractivity contribution in [2.24, 2.45) is 0 Å². The largest absolute Gasteiger partial charge is 0.493 e. The molecule has 0 radical (unpaired) electrons. The van der Waals surface area contributed by atoms with E-state index in [9.17, 15) is 0 Å². The van der Waals surface area contributed by atoms with E-state index in [1.165, 1.54) is 11.1 Å². The Kier molecular flexibility index (Phi) is 4.77. The van der Waals surface area contributed by atoms with Crippen LogP contribution in [0.4, 0.5) is 0 Å². The highest BCUT2D eigenvalue weighted by Gasteiger charge is 2.32. The third kappa shape index (κ3) is 3.33. The number of hydrogen-bond donors (Lipinski definition) is 1. The quantitative estimate of drug-likeness (QED) is 0.726. The lowest BCUT2D eigenvalue weighted by molar-refractivity contribution is 0.0660. The molecule has 7 heteroatoms. The fraction of sp³-hybridized carbons (Fsp3) is 0.381. The Morgan fingerprint density at radius 3 is 2.75 bits per heavy atom. The van der Waals surface area contributed by atoms with Crippen molar-refractivity contribution in [1.29, 1.82) is 0 Å². The molecule has 0 fully saturated rings. The third-order valence-electron chi connectivity index (χ3n) is 4.93. The number of nitrogens with zero attached hydrogens (tertiary/aromatic N) is 3. The van der Waals surface area contributed by atoms with Gasteiger partial charge < -0.3 is 19.3 Å². The molecule has 1 aromatic carbocycles. The second-order valence-electron chi connectivity index (χ2n) is 7.34. The van der Waals surface area contributed by atoms with Crippen molar-refractivity contribution in [2.45, 2.75) is 39.3 Å². The normalized spacial score (nSPS) is 13.9. The highest BCUT2D eigenvalue weighted by atomic mass is 16.5. The van der Waals surface area contributed by atoms with Crippen LogP contribution in [0, 0.1) is 6.92 Å². The van der Waals surface area contributed by atoms with Gasteiger partial charge in [-0.05, 0) is 57.0 Å². The van der Waals surface area contributed by atoms with E-state index < -0.39 is 5.60 Å². The molecule has 4 rings (SSSR count).